The van der Waals surface area contributed by atoms with Crippen LogP contribution in [0.1, 0.15) is 25.3 Å². The Bertz CT molecular complexity index is 554. The van der Waals surface area contributed by atoms with Crippen LogP contribution < -0.4 is 11.1 Å². The van der Waals surface area contributed by atoms with Crippen LogP contribution >= 0.6 is 0 Å². The van der Waals surface area contributed by atoms with Gasteiger partial charge in [0, 0.05) is 6.54 Å². The number of nitrogens with one attached hydrogen (secondary N) is 2. The van der Waals surface area contributed by atoms with E-state index in [1.54, 1.807) is 0 Å². The molecule has 1 aromatic heterocycles. The van der Waals surface area contributed by atoms with Gasteiger partial charge in [0.05, 0.1) is 5.52 Å². The Labute approximate surface area is 100 Å². The standard InChI is InChI=1S/C13H18N2O2/c1-8(2)10(7-14-3)9-4-5-11-12(6-9)17-13(16)15-11/h4-6,8,10,14H,7H2,1-3H3,(H,15,16). The van der Waals surface area contributed by atoms with E-state index >= 15 is 0 Å². The van der Waals surface area contributed by atoms with E-state index in [1.165, 1.54) is 5.56 Å². The Morgan fingerprint density at radius 3 is 2.82 bits per heavy atom. The fourth-order valence-corrected chi connectivity index (χ4v) is 2.15. The van der Waals surface area contributed by atoms with E-state index < -0.39 is 5.76 Å². The maximum atomic E-state index is 11.1. The normalized spacial score (nSPS) is 13.4. The molecule has 2 rings (SSSR count). The predicted octanol–water partition coefficient (Wildman–Crippen LogP) is 2.08. The minimum Gasteiger partial charge on any atom is -0.408 e. The molecule has 0 radical (unpaired) electrons. The van der Waals surface area contributed by atoms with Crippen LogP contribution in [0.5, 0.6) is 0 Å². The number of fused-ring (bicyclic) bond motifs is 1. The fraction of sp³-hybridized carbons (Fsp3) is 0.462. The minimum absolute atomic E-state index is 0.396. The average Bonchev–Trinajstić information content (AvgIpc) is 2.64. The largest absolute Gasteiger partial charge is 0.417 e. The van der Waals surface area contributed by atoms with Crippen molar-refractivity contribution in [1.82, 2.24) is 10.3 Å². The zero-order valence-electron chi connectivity index (χ0n) is 10.4. The Balaban J connectivity index is 2.42. The smallest absolute Gasteiger partial charge is 0.408 e. The summed E-state index contributed by atoms with van der Waals surface area (Å²) in [6.45, 7) is 5.30. The van der Waals surface area contributed by atoms with E-state index in [9.17, 15) is 4.79 Å². The summed E-state index contributed by atoms with van der Waals surface area (Å²) in [4.78, 5) is 13.7. The highest BCUT2D eigenvalue weighted by molar-refractivity contribution is 5.72. The van der Waals surface area contributed by atoms with Crippen LogP contribution in [0.4, 0.5) is 0 Å². The van der Waals surface area contributed by atoms with Gasteiger partial charge in [-0.2, -0.15) is 0 Å². The Hall–Kier alpha value is -1.55. The Morgan fingerprint density at radius 2 is 2.18 bits per heavy atom. The number of aromatic nitrogens is 1. The van der Waals surface area contributed by atoms with Crippen LogP contribution in [0.25, 0.3) is 11.1 Å². The van der Waals surface area contributed by atoms with Gasteiger partial charge in [-0.1, -0.05) is 19.9 Å². The number of likely N-dealkylation sites (N-methyl/N-ethyl adjacent to an activating group) is 1. The van der Waals surface area contributed by atoms with Gasteiger partial charge in [0.1, 0.15) is 0 Å². The zero-order chi connectivity index (χ0) is 12.4. The van der Waals surface area contributed by atoms with Crippen molar-refractivity contribution < 1.29 is 4.42 Å². The van der Waals surface area contributed by atoms with E-state index in [0.29, 0.717) is 17.4 Å². The van der Waals surface area contributed by atoms with Crippen LogP contribution in [0, 0.1) is 5.92 Å². The summed E-state index contributed by atoms with van der Waals surface area (Å²) in [5.41, 5.74) is 2.59. The monoisotopic (exact) mass is 234 g/mol. The summed E-state index contributed by atoms with van der Waals surface area (Å²) in [5.74, 6) is 0.557. The Kier molecular flexibility index (Phi) is 3.33. The van der Waals surface area contributed by atoms with E-state index in [1.807, 2.05) is 19.2 Å². The highest BCUT2D eigenvalue weighted by atomic mass is 16.4. The van der Waals surface area contributed by atoms with Crippen LogP contribution in [-0.2, 0) is 0 Å². The molecule has 1 heterocycles. The number of benzene rings is 1. The molecule has 4 nitrogen and oxygen atoms in total. The number of rotatable bonds is 4. The lowest BCUT2D eigenvalue weighted by molar-refractivity contribution is 0.477. The molecule has 0 saturated carbocycles. The first-order valence-corrected chi connectivity index (χ1v) is 5.89. The van der Waals surface area contributed by atoms with Crippen molar-refractivity contribution >= 4 is 11.1 Å². The zero-order valence-corrected chi connectivity index (χ0v) is 10.4. The molecule has 1 unspecified atom stereocenters. The van der Waals surface area contributed by atoms with Crippen LogP contribution in [-0.4, -0.2) is 18.6 Å². The summed E-state index contributed by atoms with van der Waals surface area (Å²) in [6.07, 6.45) is 0. The maximum Gasteiger partial charge on any atom is 0.417 e. The van der Waals surface area contributed by atoms with Crippen molar-refractivity contribution in [1.29, 1.82) is 0 Å². The summed E-state index contributed by atoms with van der Waals surface area (Å²) >= 11 is 0. The first-order chi connectivity index (χ1) is 8.11. The van der Waals surface area contributed by atoms with Crippen LogP contribution in [0.15, 0.2) is 27.4 Å². The topological polar surface area (TPSA) is 58.0 Å². The average molecular weight is 234 g/mol. The lowest BCUT2D eigenvalue weighted by Gasteiger charge is -2.20. The van der Waals surface area contributed by atoms with Gasteiger partial charge in [-0.15, -0.1) is 0 Å². The first-order valence-electron chi connectivity index (χ1n) is 5.89. The van der Waals surface area contributed by atoms with Crippen LogP contribution in [0.2, 0.25) is 0 Å². The molecule has 1 atom stereocenters. The van der Waals surface area contributed by atoms with E-state index in [4.69, 9.17) is 4.42 Å². The van der Waals surface area contributed by atoms with Crippen molar-refractivity contribution in [2.24, 2.45) is 5.92 Å². The van der Waals surface area contributed by atoms with Gasteiger partial charge in [0.15, 0.2) is 5.58 Å². The SMILES string of the molecule is CNCC(c1ccc2[nH]c(=O)oc2c1)C(C)C. The number of oxazole rings is 1. The minimum atomic E-state index is -0.396. The van der Waals surface area contributed by atoms with Crippen molar-refractivity contribution in [2.45, 2.75) is 19.8 Å². The summed E-state index contributed by atoms with van der Waals surface area (Å²) < 4.78 is 5.09. The summed E-state index contributed by atoms with van der Waals surface area (Å²) in [6, 6.07) is 5.91. The van der Waals surface area contributed by atoms with Crippen molar-refractivity contribution in [3.05, 3.63) is 34.3 Å². The molecule has 2 aromatic rings. The van der Waals surface area contributed by atoms with Crippen molar-refractivity contribution in [2.75, 3.05) is 13.6 Å². The molecule has 0 fully saturated rings. The van der Waals surface area contributed by atoms with Gasteiger partial charge in [0.2, 0.25) is 0 Å². The molecule has 0 bridgehead atoms. The van der Waals surface area contributed by atoms with Crippen molar-refractivity contribution in [3.8, 4) is 0 Å². The molecule has 0 aliphatic rings. The Morgan fingerprint density at radius 1 is 1.41 bits per heavy atom. The number of H-pyrrole nitrogens is 1. The second-order valence-corrected chi connectivity index (χ2v) is 4.68. The van der Waals surface area contributed by atoms with Crippen LogP contribution in [0.3, 0.4) is 0 Å². The number of hydrogen-bond acceptors (Lipinski definition) is 3. The third-order valence-corrected chi connectivity index (χ3v) is 3.10. The van der Waals surface area contributed by atoms with Crippen molar-refractivity contribution in [3.63, 3.8) is 0 Å². The molecule has 0 aliphatic heterocycles. The van der Waals surface area contributed by atoms with Gasteiger partial charge < -0.3 is 9.73 Å². The second kappa shape index (κ2) is 4.75. The molecule has 17 heavy (non-hydrogen) atoms. The molecular weight excluding hydrogens is 216 g/mol. The molecule has 0 amide bonds. The molecule has 0 spiro atoms. The third-order valence-electron chi connectivity index (χ3n) is 3.10. The van der Waals surface area contributed by atoms with Gasteiger partial charge in [-0.05, 0) is 36.6 Å². The first kappa shape index (κ1) is 11.9. The lowest BCUT2D eigenvalue weighted by atomic mass is 9.88. The van der Waals surface area contributed by atoms with Gasteiger partial charge in [0.25, 0.3) is 0 Å². The predicted molar refractivity (Wildman–Crippen MR) is 68.3 cm³/mol. The van der Waals surface area contributed by atoms with Gasteiger partial charge in [-0.25, -0.2) is 4.79 Å². The molecule has 4 heteroatoms. The maximum absolute atomic E-state index is 11.1. The molecule has 2 N–H and O–H groups in total. The summed E-state index contributed by atoms with van der Waals surface area (Å²) in [7, 11) is 1.95. The molecule has 0 aliphatic carbocycles. The van der Waals surface area contributed by atoms with E-state index in [-0.39, 0.29) is 0 Å². The summed E-state index contributed by atoms with van der Waals surface area (Å²) in [5, 5.41) is 3.20. The lowest BCUT2D eigenvalue weighted by Crippen LogP contribution is -2.21. The molecular formula is C13H18N2O2. The molecule has 1 aromatic carbocycles. The highest BCUT2D eigenvalue weighted by Crippen LogP contribution is 2.26. The second-order valence-electron chi connectivity index (χ2n) is 4.68. The van der Waals surface area contributed by atoms with E-state index in [2.05, 4.69) is 30.2 Å². The number of hydrogen-bond donors (Lipinski definition) is 2. The quantitative estimate of drug-likeness (QED) is 0.851. The third kappa shape index (κ3) is 2.42. The number of aromatic amines is 1. The van der Waals surface area contributed by atoms with Gasteiger partial charge in [-0.3, -0.25) is 4.98 Å². The van der Waals surface area contributed by atoms with E-state index in [0.717, 1.165) is 12.1 Å². The van der Waals surface area contributed by atoms with Gasteiger partial charge >= 0.3 is 5.76 Å². The molecule has 0 saturated heterocycles. The molecule has 92 valence electrons. The fourth-order valence-electron chi connectivity index (χ4n) is 2.15. The highest BCUT2D eigenvalue weighted by Gasteiger charge is 2.16.